The van der Waals surface area contributed by atoms with E-state index in [9.17, 15) is 0 Å². The van der Waals surface area contributed by atoms with Gasteiger partial charge < -0.3 is 0 Å². The van der Waals surface area contributed by atoms with Crippen LogP contribution in [0.5, 0.6) is 0 Å². The van der Waals surface area contributed by atoms with Crippen molar-refractivity contribution in [2.24, 2.45) is 0 Å². The van der Waals surface area contributed by atoms with Crippen LogP contribution in [-0.4, -0.2) is 25.0 Å². The van der Waals surface area contributed by atoms with Gasteiger partial charge in [-0.2, -0.15) is 9.61 Å². The number of fused-ring (bicyclic) bond motifs is 1. The molecule has 10 heavy (non-hydrogen) atoms. The molecular weight excluding hydrogens is 130 g/mol. The van der Waals surface area contributed by atoms with Crippen molar-refractivity contribution in [2.75, 3.05) is 0 Å². The van der Waals surface area contributed by atoms with Crippen LogP contribution in [0, 0.1) is 6.92 Å². The highest BCUT2D eigenvalue weighted by Crippen LogP contribution is 2.00. The maximum atomic E-state index is 3.83. The van der Waals surface area contributed by atoms with Gasteiger partial charge in [-0.15, -0.1) is 10.2 Å². The summed E-state index contributed by atoms with van der Waals surface area (Å²) < 4.78 is 1.59. The van der Waals surface area contributed by atoms with Gasteiger partial charge in [-0.25, -0.2) is 0 Å². The van der Waals surface area contributed by atoms with E-state index in [0.717, 1.165) is 11.2 Å². The maximum absolute atomic E-state index is 3.83. The Morgan fingerprint density at radius 1 is 1.40 bits per heavy atom. The average molecular weight is 135 g/mol. The van der Waals surface area contributed by atoms with Crippen LogP contribution in [0.4, 0.5) is 0 Å². The molecule has 0 aliphatic rings. The van der Waals surface area contributed by atoms with Crippen LogP contribution in [0.25, 0.3) is 5.52 Å². The van der Waals surface area contributed by atoms with E-state index in [0.29, 0.717) is 0 Å². The Morgan fingerprint density at radius 2 is 2.30 bits per heavy atom. The van der Waals surface area contributed by atoms with Crippen LogP contribution in [0.3, 0.4) is 0 Å². The topological polar surface area (TPSA) is 56.0 Å². The molecule has 2 aromatic rings. The number of rotatable bonds is 0. The Labute approximate surface area is 56.7 Å². The normalized spacial score (nSPS) is 10.5. The van der Waals surface area contributed by atoms with E-state index < -0.39 is 0 Å². The fourth-order valence-electron chi connectivity index (χ4n) is 0.785. The first-order valence-corrected chi connectivity index (χ1v) is 2.86. The number of aryl methyl sites for hydroxylation is 1. The third-order valence-corrected chi connectivity index (χ3v) is 1.32. The lowest BCUT2D eigenvalue weighted by molar-refractivity contribution is 0.804. The number of hydrogen-bond donors (Lipinski definition) is 0. The maximum Gasteiger partial charge on any atom is 0.142 e. The first-order valence-electron chi connectivity index (χ1n) is 2.86. The Kier molecular flexibility index (Phi) is 0.913. The van der Waals surface area contributed by atoms with Gasteiger partial charge >= 0.3 is 0 Å². The molecule has 0 spiro atoms. The third kappa shape index (κ3) is 0.570. The van der Waals surface area contributed by atoms with Crippen molar-refractivity contribution < 1.29 is 0 Å². The number of nitrogens with zero attached hydrogens (tertiary/aromatic N) is 5. The molecule has 2 rings (SSSR count). The lowest BCUT2D eigenvalue weighted by Crippen LogP contribution is -1.89. The van der Waals surface area contributed by atoms with E-state index in [1.54, 1.807) is 10.7 Å². The van der Waals surface area contributed by atoms with Crippen LogP contribution in [0.1, 0.15) is 5.69 Å². The van der Waals surface area contributed by atoms with Crippen molar-refractivity contribution in [2.45, 2.75) is 6.92 Å². The van der Waals surface area contributed by atoms with Gasteiger partial charge in [0.2, 0.25) is 0 Å². The van der Waals surface area contributed by atoms with Crippen molar-refractivity contribution >= 4 is 5.52 Å². The van der Waals surface area contributed by atoms with Crippen molar-refractivity contribution in [3.05, 3.63) is 18.2 Å². The summed E-state index contributed by atoms with van der Waals surface area (Å²) in [6.07, 6.45) is 3.16. The fraction of sp³-hybridized carbons (Fsp3) is 0.200. The Morgan fingerprint density at radius 3 is 3.10 bits per heavy atom. The van der Waals surface area contributed by atoms with Crippen LogP contribution in [-0.2, 0) is 0 Å². The van der Waals surface area contributed by atoms with Gasteiger partial charge in [-0.1, -0.05) is 5.21 Å². The van der Waals surface area contributed by atoms with E-state index in [1.807, 2.05) is 6.92 Å². The molecule has 0 saturated carbocycles. The molecule has 0 amide bonds. The van der Waals surface area contributed by atoms with E-state index in [-0.39, 0.29) is 0 Å². The summed E-state index contributed by atoms with van der Waals surface area (Å²) in [5.41, 5.74) is 1.77. The monoisotopic (exact) mass is 135 g/mol. The Balaban J connectivity index is 2.93. The smallest absolute Gasteiger partial charge is 0.142 e. The molecule has 5 heteroatoms. The lowest BCUT2D eigenvalue weighted by Gasteiger charge is -1.85. The molecule has 0 aliphatic heterocycles. The zero-order valence-corrected chi connectivity index (χ0v) is 5.39. The summed E-state index contributed by atoms with van der Waals surface area (Å²) in [5, 5.41) is 14.9. The van der Waals surface area contributed by atoms with Gasteiger partial charge in [0.1, 0.15) is 11.8 Å². The van der Waals surface area contributed by atoms with Crippen LogP contribution >= 0.6 is 0 Å². The molecule has 2 aromatic heterocycles. The molecule has 0 unspecified atom stereocenters. The fourth-order valence-corrected chi connectivity index (χ4v) is 0.785. The van der Waals surface area contributed by atoms with E-state index in [4.69, 9.17) is 0 Å². The Bertz CT molecular complexity index is 352. The molecule has 0 aliphatic carbocycles. The quantitative estimate of drug-likeness (QED) is 0.503. The summed E-state index contributed by atoms with van der Waals surface area (Å²) >= 11 is 0. The predicted octanol–water partition coefficient (Wildman–Crippen LogP) is -0.172. The molecule has 0 fully saturated rings. The molecule has 0 N–H and O–H groups in total. The Hall–Kier alpha value is -1.52. The van der Waals surface area contributed by atoms with Gasteiger partial charge in [-0.3, -0.25) is 0 Å². The second-order valence-corrected chi connectivity index (χ2v) is 1.98. The number of aromatic nitrogens is 5. The largest absolute Gasteiger partial charge is 0.199 e. The van der Waals surface area contributed by atoms with Gasteiger partial charge in [0.05, 0.1) is 11.9 Å². The summed E-state index contributed by atoms with van der Waals surface area (Å²) in [5.74, 6) is 0. The summed E-state index contributed by atoms with van der Waals surface area (Å²) in [7, 11) is 0. The second kappa shape index (κ2) is 1.73. The number of hydrogen-bond acceptors (Lipinski definition) is 4. The molecular formula is C5H5N5. The predicted molar refractivity (Wildman–Crippen MR) is 33.3 cm³/mol. The van der Waals surface area contributed by atoms with Crippen molar-refractivity contribution in [3.63, 3.8) is 0 Å². The van der Waals surface area contributed by atoms with Crippen molar-refractivity contribution in [1.82, 2.24) is 25.0 Å². The van der Waals surface area contributed by atoms with Crippen LogP contribution < -0.4 is 0 Å². The minimum absolute atomic E-state index is 0.870. The molecule has 0 radical (unpaired) electrons. The molecule has 5 nitrogen and oxygen atoms in total. The molecule has 0 aromatic carbocycles. The SMILES string of the molecule is Cc1nnn2cnncc12. The highest BCUT2D eigenvalue weighted by atomic mass is 15.4. The lowest BCUT2D eigenvalue weighted by atomic mass is 10.4. The zero-order valence-electron chi connectivity index (χ0n) is 5.39. The summed E-state index contributed by atoms with van der Waals surface area (Å²) in [6.45, 7) is 1.88. The minimum Gasteiger partial charge on any atom is -0.199 e. The molecule has 50 valence electrons. The second-order valence-electron chi connectivity index (χ2n) is 1.98. The zero-order chi connectivity index (χ0) is 6.97. The molecule has 0 atom stereocenters. The first kappa shape index (κ1) is 5.28. The van der Waals surface area contributed by atoms with Gasteiger partial charge in [0.25, 0.3) is 0 Å². The van der Waals surface area contributed by atoms with Crippen LogP contribution in [0.15, 0.2) is 12.5 Å². The van der Waals surface area contributed by atoms with Gasteiger partial charge in [0, 0.05) is 0 Å². The molecule has 0 bridgehead atoms. The van der Waals surface area contributed by atoms with Crippen molar-refractivity contribution in [1.29, 1.82) is 0 Å². The summed E-state index contributed by atoms with van der Waals surface area (Å²) in [6, 6.07) is 0. The average Bonchev–Trinajstić information content (AvgIpc) is 2.34. The highest BCUT2D eigenvalue weighted by Gasteiger charge is 1.97. The van der Waals surface area contributed by atoms with Crippen molar-refractivity contribution in [3.8, 4) is 0 Å². The summed E-state index contributed by atoms with van der Waals surface area (Å²) in [4.78, 5) is 0. The van der Waals surface area contributed by atoms with E-state index in [2.05, 4.69) is 20.5 Å². The highest BCUT2D eigenvalue weighted by molar-refractivity contribution is 5.46. The van der Waals surface area contributed by atoms with Gasteiger partial charge in [0.15, 0.2) is 0 Å². The third-order valence-electron chi connectivity index (χ3n) is 1.32. The first-order chi connectivity index (χ1) is 4.88. The van der Waals surface area contributed by atoms with Gasteiger partial charge in [-0.05, 0) is 6.92 Å². The van der Waals surface area contributed by atoms with E-state index >= 15 is 0 Å². The molecule has 2 heterocycles. The van der Waals surface area contributed by atoms with Crippen LogP contribution in [0.2, 0.25) is 0 Å². The minimum atomic E-state index is 0.870. The van der Waals surface area contributed by atoms with E-state index in [1.165, 1.54) is 6.33 Å². The molecule has 0 saturated heterocycles. The standard InChI is InChI=1S/C5H5N5/c1-4-5-2-6-7-3-10(5)9-8-4/h2-3H,1H3.